The van der Waals surface area contributed by atoms with Crippen molar-refractivity contribution in [1.82, 2.24) is 19.7 Å². The van der Waals surface area contributed by atoms with E-state index in [1.807, 2.05) is 42.5 Å². The van der Waals surface area contributed by atoms with E-state index >= 15 is 0 Å². The van der Waals surface area contributed by atoms with Gasteiger partial charge in [0.05, 0.1) is 12.8 Å². The van der Waals surface area contributed by atoms with Crippen molar-refractivity contribution in [3.63, 3.8) is 0 Å². The second-order valence-corrected chi connectivity index (χ2v) is 8.03. The first-order valence-electron chi connectivity index (χ1n) is 10.4. The molecule has 1 aromatic heterocycles. The van der Waals surface area contributed by atoms with Gasteiger partial charge in [-0.3, -0.25) is 19.6 Å². The third-order valence-electron chi connectivity index (χ3n) is 6.32. The number of piperidine rings is 1. The topological polar surface area (TPSA) is 66.0 Å². The summed E-state index contributed by atoms with van der Waals surface area (Å²) in [7, 11) is 3.24. The van der Waals surface area contributed by atoms with Gasteiger partial charge in [-0.1, -0.05) is 18.2 Å². The number of nitrogens with zero attached hydrogens (tertiary/aromatic N) is 4. The van der Waals surface area contributed by atoms with E-state index in [1.165, 1.54) is 4.90 Å². The summed E-state index contributed by atoms with van der Waals surface area (Å²) in [4.78, 5) is 35.8. The highest BCUT2D eigenvalue weighted by atomic mass is 16.5. The molecule has 1 aromatic carbocycles. The molecule has 0 aliphatic carbocycles. The molecule has 30 heavy (non-hydrogen) atoms. The molecule has 3 heterocycles. The van der Waals surface area contributed by atoms with Crippen LogP contribution < -0.4 is 4.74 Å². The Labute approximate surface area is 177 Å². The lowest BCUT2D eigenvalue weighted by Gasteiger charge is -2.42. The minimum absolute atomic E-state index is 0.0697. The van der Waals surface area contributed by atoms with E-state index in [1.54, 1.807) is 25.3 Å². The number of benzene rings is 1. The molecule has 7 nitrogen and oxygen atoms in total. The number of hydrogen-bond donors (Lipinski definition) is 0. The number of rotatable bonds is 6. The van der Waals surface area contributed by atoms with E-state index in [-0.39, 0.29) is 11.9 Å². The van der Waals surface area contributed by atoms with Crippen LogP contribution in [0.5, 0.6) is 5.75 Å². The Bertz CT molecular complexity index is 892. The Hall–Kier alpha value is -2.93. The molecule has 2 aliphatic rings. The molecule has 2 aromatic rings. The van der Waals surface area contributed by atoms with Gasteiger partial charge in [-0.05, 0) is 49.1 Å². The number of ether oxygens (including phenoxy) is 1. The maximum atomic E-state index is 13.1. The zero-order chi connectivity index (χ0) is 21.1. The number of pyridine rings is 1. The summed E-state index contributed by atoms with van der Waals surface area (Å²) in [6.45, 7) is 2.83. The third kappa shape index (κ3) is 3.77. The number of methoxy groups -OCH3 is 1. The van der Waals surface area contributed by atoms with Gasteiger partial charge in [-0.2, -0.15) is 0 Å². The van der Waals surface area contributed by atoms with Crippen LogP contribution in [0, 0.1) is 0 Å². The van der Waals surface area contributed by atoms with Crippen molar-refractivity contribution in [2.24, 2.45) is 0 Å². The van der Waals surface area contributed by atoms with Crippen LogP contribution in [0.2, 0.25) is 0 Å². The molecule has 2 fully saturated rings. The van der Waals surface area contributed by atoms with E-state index in [0.717, 1.165) is 36.6 Å². The summed E-state index contributed by atoms with van der Waals surface area (Å²) in [6, 6.07) is 13.6. The van der Waals surface area contributed by atoms with Crippen molar-refractivity contribution in [1.29, 1.82) is 0 Å². The van der Waals surface area contributed by atoms with Crippen LogP contribution in [0.15, 0.2) is 48.7 Å². The van der Waals surface area contributed by atoms with Crippen molar-refractivity contribution >= 4 is 11.9 Å². The normalized spacial score (nSPS) is 19.0. The number of carbonyl (C=O) groups is 2. The Balaban J connectivity index is 1.44. The number of amides is 3. The molecule has 3 amide bonds. The lowest BCUT2D eigenvalue weighted by Crippen LogP contribution is -2.56. The lowest BCUT2D eigenvalue weighted by atomic mass is 9.85. The zero-order valence-electron chi connectivity index (χ0n) is 17.6. The molecule has 0 saturated carbocycles. The summed E-state index contributed by atoms with van der Waals surface area (Å²) < 4.78 is 5.21. The Morgan fingerprint density at radius 2 is 1.80 bits per heavy atom. The smallest absolute Gasteiger partial charge is 0.327 e. The van der Waals surface area contributed by atoms with Gasteiger partial charge in [-0.25, -0.2) is 4.79 Å². The summed E-state index contributed by atoms with van der Waals surface area (Å²) in [5.74, 6) is 0.738. The fourth-order valence-corrected chi connectivity index (χ4v) is 4.51. The van der Waals surface area contributed by atoms with Gasteiger partial charge in [0.15, 0.2) is 0 Å². The molecule has 0 N–H and O–H groups in total. The van der Waals surface area contributed by atoms with E-state index in [0.29, 0.717) is 25.8 Å². The average Bonchev–Trinajstić information content (AvgIpc) is 2.96. The lowest BCUT2D eigenvalue weighted by molar-refractivity contribution is -0.134. The molecular formula is C23H28N4O3. The van der Waals surface area contributed by atoms with Crippen molar-refractivity contribution < 1.29 is 14.3 Å². The van der Waals surface area contributed by atoms with E-state index in [9.17, 15) is 9.59 Å². The molecule has 2 aliphatic heterocycles. The SMILES string of the molecule is COc1ccc(CCN2C(=O)N(C)C(=O)C23CCN(Cc2ccccn2)CC3)cc1. The van der Waals surface area contributed by atoms with Crippen LogP contribution >= 0.6 is 0 Å². The molecule has 0 atom stereocenters. The monoisotopic (exact) mass is 408 g/mol. The van der Waals surface area contributed by atoms with Gasteiger partial charge in [0.2, 0.25) is 0 Å². The number of imide groups is 1. The van der Waals surface area contributed by atoms with Crippen LogP contribution in [-0.4, -0.2) is 71.0 Å². The summed E-state index contributed by atoms with van der Waals surface area (Å²) in [5, 5.41) is 0. The number of carbonyl (C=O) groups excluding carboxylic acids is 2. The quantitative estimate of drug-likeness (QED) is 0.688. The molecular weight excluding hydrogens is 380 g/mol. The molecule has 0 bridgehead atoms. The van der Waals surface area contributed by atoms with Crippen molar-refractivity contribution in [3.8, 4) is 5.75 Å². The third-order valence-corrected chi connectivity index (χ3v) is 6.32. The number of hydrogen-bond acceptors (Lipinski definition) is 5. The molecule has 1 spiro atoms. The summed E-state index contributed by atoms with van der Waals surface area (Å²) in [5.41, 5.74) is 1.42. The van der Waals surface area contributed by atoms with Gasteiger partial charge < -0.3 is 9.64 Å². The molecule has 0 radical (unpaired) electrons. The highest BCUT2D eigenvalue weighted by molar-refractivity contribution is 6.06. The zero-order valence-corrected chi connectivity index (χ0v) is 17.6. The Morgan fingerprint density at radius 3 is 2.43 bits per heavy atom. The van der Waals surface area contributed by atoms with Gasteiger partial charge in [0.1, 0.15) is 11.3 Å². The fraction of sp³-hybridized carbons (Fsp3) is 0.435. The summed E-state index contributed by atoms with van der Waals surface area (Å²) in [6.07, 6.45) is 3.81. The number of aromatic nitrogens is 1. The van der Waals surface area contributed by atoms with Gasteiger partial charge >= 0.3 is 6.03 Å². The fourth-order valence-electron chi connectivity index (χ4n) is 4.51. The maximum Gasteiger partial charge on any atom is 0.327 e. The molecule has 0 unspecified atom stereocenters. The Kier molecular flexibility index (Phi) is 5.72. The number of likely N-dealkylation sites (tertiary alicyclic amines) is 1. The average molecular weight is 409 g/mol. The minimum Gasteiger partial charge on any atom is -0.497 e. The molecule has 2 saturated heterocycles. The first kappa shape index (κ1) is 20.3. The van der Waals surface area contributed by atoms with Crippen LogP contribution in [0.1, 0.15) is 24.1 Å². The highest BCUT2D eigenvalue weighted by Gasteiger charge is 2.56. The standard InChI is InChI=1S/C23H28N4O3/c1-25-21(28)23(11-15-26(16-12-23)17-19-5-3-4-13-24-19)27(22(25)29)14-10-18-6-8-20(30-2)9-7-18/h3-9,13H,10-12,14-17H2,1-2H3. The first-order valence-corrected chi connectivity index (χ1v) is 10.4. The van der Waals surface area contributed by atoms with Crippen LogP contribution in [0.3, 0.4) is 0 Å². The second-order valence-electron chi connectivity index (χ2n) is 8.03. The van der Waals surface area contributed by atoms with Crippen LogP contribution in [0.4, 0.5) is 4.79 Å². The van der Waals surface area contributed by atoms with E-state index in [2.05, 4.69) is 9.88 Å². The molecule has 7 heteroatoms. The predicted octanol–water partition coefficient (Wildman–Crippen LogP) is 2.56. The summed E-state index contributed by atoms with van der Waals surface area (Å²) >= 11 is 0. The van der Waals surface area contributed by atoms with Crippen molar-refractivity contribution in [2.45, 2.75) is 31.3 Å². The Morgan fingerprint density at radius 1 is 1.07 bits per heavy atom. The van der Waals surface area contributed by atoms with Gasteiger partial charge in [-0.15, -0.1) is 0 Å². The highest BCUT2D eigenvalue weighted by Crippen LogP contribution is 2.37. The molecule has 4 rings (SSSR count). The van der Waals surface area contributed by atoms with Gasteiger partial charge in [0, 0.05) is 39.4 Å². The van der Waals surface area contributed by atoms with Crippen LogP contribution in [0.25, 0.3) is 0 Å². The first-order chi connectivity index (χ1) is 14.5. The van der Waals surface area contributed by atoms with Crippen molar-refractivity contribution in [3.05, 3.63) is 59.9 Å². The largest absolute Gasteiger partial charge is 0.497 e. The molecule has 158 valence electrons. The van der Waals surface area contributed by atoms with Crippen molar-refractivity contribution in [2.75, 3.05) is 33.8 Å². The maximum absolute atomic E-state index is 13.1. The predicted molar refractivity (Wildman–Crippen MR) is 113 cm³/mol. The van der Waals surface area contributed by atoms with E-state index < -0.39 is 5.54 Å². The van der Waals surface area contributed by atoms with Crippen LogP contribution in [-0.2, 0) is 17.8 Å². The van der Waals surface area contributed by atoms with Gasteiger partial charge in [0.25, 0.3) is 5.91 Å². The second kappa shape index (κ2) is 8.44. The van der Waals surface area contributed by atoms with E-state index in [4.69, 9.17) is 4.74 Å². The number of urea groups is 1. The number of likely N-dealkylation sites (N-methyl/N-ethyl adjacent to an activating group) is 1. The minimum atomic E-state index is -0.723.